The van der Waals surface area contributed by atoms with Gasteiger partial charge in [-0.25, -0.2) is 4.79 Å². The maximum atomic E-state index is 11.1. The highest BCUT2D eigenvalue weighted by Crippen LogP contribution is 2.07. The Morgan fingerprint density at radius 1 is 1.36 bits per heavy atom. The predicted octanol–water partition coefficient (Wildman–Crippen LogP) is 2.40. The van der Waals surface area contributed by atoms with Crippen molar-refractivity contribution in [3.05, 3.63) is 30.3 Å². The minimum atomic E-state index is -0.496. The van der Waals surface area contributed by atoms with Crippen LogP contribution in [0.1, 0.15) is 19.8 Å². The first-order valence-electron chi connectivity index (χ1n) is 4.58. The number of esters is 1. The molecule has 2 heteroatoms. The van der Waals surface area contributed by atoms with Crippen LogP contribution >= 0.6 is 0 Å². The maximum absolute atomic E-state index is 11.1. The van der Waals surface area contributed by atoms with Crippen LogP contribution in [0.2, 0.25) is 0 Å². The summed E-state index contributed by atoms with van der Waals surface area (Å²) in [6.45, 7) is 2.01. The fraction of sp³-hybridized carbons (Fsp3) is 0.250. The van der Waals surface area contributed by atoms with E-state index < -0.39 is 5.97 Å². The van der Waals surface area contributed by atoms with Crippen molar-refractivity contribution in [3.63, 3.8) is 0 Å². The molecule has 0 aliphatic rings. The number of para-hydroxylation sites is 1. The predicted molar refractivity (Wildman–Crippen MR) is 54.8 cm³/mol. The van der Waals surface area contributed by atoms with Gasteiger partial charge in [-0.15, -0.1) is 0 Å². The number of ether oxygens (including phenoxy) is 1. The molecule has 0 amide bonds. The molecule has 0 radical (unpaired) electrons. The second-order valence-corrected chi connectivity index (χ2v) is 2.75. The standard InChI is InChI=1S/C12H12O2/c1-2-3-5-10-12(13)14-11-8-6-4-7-9-11/h4,6-9H,2-3H2,1H3. The molecule has 0 N–H and O–H groups in total. The molecule has 2 nitrogen and oxygen atoms in total. The molecule has 1 aromatic carbocycles. The first kappa shape index (κ1) is 10.3. The summed E-state index contributed by atoms with van der Waals surface area (Å²) in [6.07, 6.45) is 1.68. The molecule has 0 saturated heterocycles. The van der Waals surface area contributed by atoms with E-state index in [4.69, 9.17) is 4.74 Å². The van der Waals surface area contributed by atoms with Gasteiger partial charge < -0.3 is 4.74 Å². The Bertz CT molecular complexity index is 344. The molecular formula is C12H12O2. The molecule has 0 heterocycles. The molecule has 0 atom stereocenters. The molecule has 0 bridgehead atoms. The van der Waals surface area contributed by atoms with Gasteiger partial charge in [0.25, 0.3) is 0 Å². The van der Waals surface area contributed by atoms with Crippen LogP contribution in [0.4, 0.5) is 0 Å². The van der Waals surface area contributed by atoms with Crippen LogP contribution in [0.25, 0.3) is 0 Å². The van der Waals surface area contributed by atoms with Crippen molar-refractivity contribution in [1.82, 2.24) is 0 Å². The van der Waals surface area contributed by atoms with Gasteiger partial charge in [0.15, 0.2) is 0 Å². The lowest BCUT2D eigenvalue weighted by Crippen LogP contribution is -2.03. The molecule has 72 valence electrons. The Morgan fingerprint density at radius 3 is 2.71 bits per heavy atom. The summed E-state index contributed by atoms with van der Waals surface area (Å²) < 4.78 is 4.95. The molecule has 1 rings (SSSR count). The van der Waals surface area contributed by atoms with Gasteiger partial charge in [0, 0.05) is 12.3 Å². The quantitative estimate of drug-likeness (QED) is 0.308. The highest BCUT2D eigenvalue weighted by Gasteiger charge is 1.97. The van der Waals surface area contributed by atoms with Crippen LogP contribution in [0.15, 0.2) is 30.3 Å². The molecule has 14 heavy (non-hydrogen) atoms. The van der Waals surface area contributed by atoms with E-state index >= 15 is 0 Å². The second kappa shape index (κ2) is 5.82. The Hall–Kier alpha value is -1.75. The van der Waals surface area contributed by atoms with E-state index in [1.54, 1.807) is 12.1 Å². The summed E-state index contributed by atoms with van der Waals surface area (Å²) in [7, 11) is 0. The molecule has 0 aliphatic carbocycles. The van der Waals surface area contributed by atoms with Crippen molar-refractivity contribution >= 4 is 5.97 Å². The van der Waals surface area contributed by atoms with Gasteiger partial charge in [0.1, 0.15) is 5.75 Å². The Labute approximate surface area is 83.9 Å². The minimum absolute atomic E-state index is 0.496. The molecule has 1 aromatic rings. The monoisotopic (exact) mass is 188 g/mol. The second-order valence-electron chi connectivity index (χ2n) is 2.75. The van der Waals surface area contributed by atoms with E-state index in [9.17, 15) is 4.79 Å². The van der Waals surface area contributed by atoms with E-state index in [2.05, 4.69) is 11.8 Å². The molecule has 0 unspecified atom stereocenters. The third kappa shape index (κ3) is 3.77. The summed E-state index contributed by atoms with van der Waals surface area (Å²) in [5, 5.41) is 0. The van der Waals surface area contributed by atoms with Crippen molar-refractivity contribution < 1.29 is 9.53 Å². The lowest BCUT2D eigenvalue weighted by molar-refractivity contribution is -0.128. The molecule has 0 aromatic heterocycles. The zero-order chi connectivity index (χ0) is 10.2. The van der Waals surface area contributed by atoms with Gasteiger partial charge in [-0.05, 0) is 18.6 Å². The number of carbonyl (C=O) groups is 1. The third-order valence-corrected chi connectivity index (χ3v) is 1.52. The zero-order valence-corrected chi connectivity index (χ0v) is 8.12. The fourth-order valence-corrected chi connectivity index (χ4v) is 0.881. The topological polar surface area (TPSA) is 26.3 Å². The van der Waals surface area contributed by atoms with E-state index in [1.807, 2.05) is 25.1 Å². The van der Waals surface area contributed by atoms with Gasteiger partial charge >= 0.3 is 5.97 Å². The Kier molecular flexibility index (Phi) is 4.30. The SMILES string of the molecule is CCCC#CC(=O)Oc1ccccc1. The van der Waals surface area contributed by atoms with Crippen molar-refractivity contribution in [2.75, 3.05) is 0 Å². The summed E-state index contributed by atoms with van der Waals surface area (Å²) in [5.41, 5.74) is 0. The molecule has 0 spiro atoms. The van der Waals surface area contributed by atoms with E-state index in [0.29, 0.717) is 5.75 Å². The largest absolute Gasteiger partial charge is 0.417 e. The molecule has 0 fully saturated rings. The van der Waals surface area contributed by atoms with Crippen LogP contribution in [0.5, 0.6) is 5.75 Å². The average molecular weight is 188 g/mol. The molecular weight excluding hydrogens is 176 g/mol. The van der Waals surface area contributed by atoms with Crippen molar-refractivity contribution in [1.29, 1.82) is 0 Å². The normalized spacial score (nSPS) is 8.64. The zero-order valence-electron chi connectivity index (χ0n) is 8.12. The number of carbonyl (C=O) groups excluding carboxylic acids is 1. The Morgan fingerprint density at radius 2 is 2.07 bits per heavy atom. The summed E-state index contributed by atoms with van der Waals surface area (Å²) in [4.78, 5) is 11.1. The molecule has 0 saturated carbocycles. The van der Waals surface area contributed by atoms with Gasteiger partial charge in [-0.2, -0.15) is 0 Å². The number of benzene rings is 1. The summed E-state index contributed by atoms with van der Waals surface area (Å²) in [6, 6.07) is 8.92. The number of rotatable bonds is 2. The minimum Gasteiger partial charge on any atom is -0.417 e. The average Bonchev–Trinajstić information content (AvgIpc) is 2.20. The van der Waals surface area contributed by atoms with Gasteiger partial charge in [0.2, 0.25) is 0 Å². The van der Waals surface area contributed by atoms with Crippen LogP contribution in [0, 0.1) is 11.8 Å². The first-order chi connectivity index (χ1) is 6.83. The van der Waals surface area contributed by atoms with Crippen molar-refractivity contribution in [2.24, 2.45) is 0 Å². The van der Waals surface area contributed by atoms with E-state index in [-0.39, 0.29) is 0 Å². The number of hydrogen-bond donors (Lipinski definition) is 0. The summed E-state index contributed by atoms with van der Waals surface area (Å²) in [5.74, 6) is 5.19. The van der Waals surface area contributed by atoms with Crippen molar-refractivity contribution in [3.8, 4) is 17.6 Å². The van der Waals surface area contributed by atoms with Crippen LogP contribution in [0.3, 0.4) is 0 Å². The lowest BCUT2D eigenvalue weighted by Gasteiger charge is -1.97. The number of hydrogen-bond acceptors (Lipinski definition) is 2. The lowest BCUT2D eigenvalue weighted by atomic mass is 10.3. The first-order valence-corrected chi connectivity index (χ1v) is 4.58. The van der Waals surface area contributed by atoms with E-state index in [0.717, 1.165) is 12.8 Å². The molecule has 0 aliphatic heterocycles. The van der Waals surface area contributed by atoms with Crippen LogP contribution in [-0.2, 0) is 4.79 Å². The van der Waals surface area contributed by atoms with E-state index in [1.165, 1.54) is 0 Å². The smallest absolute Gasteiger partial charge is 0.389 e. The Balaban J connectivity index is 2.47. The maximum Gasteiger partial charge on any atom is 0.389 e. The van der Waals surface area contributed by atoms with Crippen molar-refractivity contribution in [2.45, 2.75) is 19.8 Å². The van der Waals surface area contributed by atoms with Gasteiger partial charge in [-0.3, -0.25) is 0 Å². The number of unbranched alkanes of at least 4 members (excludes halogenated alkanes) is 1. The fourth-order valence-electron chi connectivity index (χ4n) is 0.881. The van der Waals surface area contributed by atoms with Gasteiger partial charge in [-0.1, -0.05) is 31.0 Å². The summed E-state index contributed by atoms with van der Waals surface area (Å²) >= 11 is 0. The highest BCUT2D eigenvalue weighted by molar-refractivity contribution is 5.90. The van der Waals surface area contributed by atoms with Crippen LogP contribution < -0.4 is 4.74 Å². The highest BCUT2D eigenvalue weighted by atomic mass is 16.5. The van der Waals surface area contributed by atoms with Crippen LogP contribution in [-0.4, -0.2) is 5.97 Å². The van der Waals surface area contributed by atoms with Gasteiger partial charge in [0.05, 0.1) is 0 Å². The third-order valence-electron chi connectivity index (χ3n) is 1.52.